The van der Waals surface area contributed by atoms with Crippen LogP contribution in [-0.2, 0) is 0 Å². The van der Waals surface area contributed by atoms with Crippen LogP contribution in [0.5, 0.6) is 0 Å². The van der Waals surface area contributed by atoms with Crippen molar-refractivity contribution in [2.75, 3.05) is 26.2 Å². The van der Waals surface area contributed by atoms with Gasteiger partial charge in [-0.15, -0.1) is 12.4 Å². The Bertz CT molecular complexity index is 487. The maximum Gasteiger partial charge on any atom is 0.408 e. The number of nitrogens with one attached hydrogen (secondary N) is 1. The van der Waals surface area contributed by atoms with Crippen LogP contribution in [0.1, 0.15) is 11.6 Å². The lowest BCUT2D eigenvalue weighted by atomic mass is 10.0. The summed E-state index contributed by atoms with van der Waals surface area (Å²) in [6, 6.07) is -1.72. The molecule has 1 saturated heterocycles. The van der Waals surface area contributed by atoms with Crippen molar-refractivity contribution in [1.82, 2.24) is 10.2 Å². The van der Waals surface area contributed by atoms with E-state index in [1.165, 1.54) is 0 Å². The molecule has 9 heteroatoms. The first-order chi connectivity index (χ1) is 9.30. The molecule has 0 aromatic heterocycles. The molecule has 1 aromatic carbocycles. The Hall–Kier alpha value is -0.990. The topological polar surface area (TPSA) is 15.3 Å². The smallest absolute Gasteiger partial charge is 0.314 e. The molecule has 0 aliphatic carbocycles. The lowest BCUT2D eigenvalue weighted by Gasteiger charge is -2.36. The Kier molecular flexibility index (Phi) is 5.89. The summed E-state index contributed by atoms with van der Waals surface area (Å²) < 4.78 is 79.4. The third-order valence-electron chi connectivity index (χ3n) is 3.14. The van der Waals surface area contributed by atoms with E-state index in [1.54, 1.807) is 0 Å². The molecule has 1 heterocycles. The van der Waals surface area contributed by atoms with Gasteiger partial charge in [-0.2, -0.15) is 13.2 Å². The summed E-state index contributed by atoms with van der Waals surface area (Å²) >= 11 is 0. The summed E-state index contributed by atoms with van der Waals surface area (Å²) in [7, 11) is 0. The van der Waals surface area contributed by atoms with Crippen LogP contribution < -0.4 is 5.32 Å². The first-order valence-electron chi connectivity index (χ1n) is 5.96. The van der Waals surface area contributed by atoms with Crippen LogP contribution in [0.4, 0.5) is 26.3 Å². The number of piperazine rings is 1. The van der Waals surface area contributed by atoms with E-state index in [9.17, 15) is 26.3 Å². The van der Waals surface area contributed by atoms with Crippen LogP contribution in [0.3, 0.4) is 0 Å². The van der Waals surface area contributed by atoms with E-state index in [-0.39, 0.29) is 31.6 Å². The number of rotatable bonds is 2. The number of benzene rings is 1. The Morgan fingerprint density at radius 1 is 1.05 bits per heavy atom. The van der Waals surface area contributed by atoms with Gasteiger partial charge in [-0.05, 0) is 6.07 Å². The predicted molar refractivity (Wildman–Crippen MR) is 66.8 cm³/mol. The fourth-order valence-electron chi connectivity index (χ4n) is 2.30. The maximum atomic E-state index is 13.6. The van der Waals surface area contributed by atoms with Gasteiger partial charge < -0.3 is 5.32 Å². The average molecular weight is 335 g/mol. The highest BCUT2D eigenvalue weighted by Gasteiger charge is 2.46. The molecule has 0 radical (unpaired) electrons. The van der Waals surface area contributed by atoms with Gasteiger partial charge in [0.05, 0.1) is 0 Å². The van der Waals surface area contributed by atoms with E-state index in [4.69, 9.17) is 0 Å². The van der Waals surface area contributed by atoms with Gasteiger partial charge in [-0.1, -0.05) is 0 Å². The van der Waals surface area contributed by atoms with Crippen LogP contribution in [0, 0.1) is 17.5 Å². The summed E-state index contributed by atoms with van der Waals surface area (Å²) in [5, 5.41) is 2.86. The van der Waals surface area contributed by atoms with E-state index in [1.807, 2.05) is 0 Å². The van der Waals surface area contributed by atoms with Gasteiger partial charge in [0.2, 0.25) is 0 Å². The lowest BCUT2D eigenvalue weighted by Crippen LogP contribution is -2.49. The van der Waals surface area contributed by atoms with Gasteiger partial charge in [-0.3, -0.25) is 4.90 Å². The third kappa shape index (κ3) is 4.02. The second kappa shape index (κ2) is 6.85. The molecule has 2 nitrogen and oxygen atoms in total. The van der Waals surface area contributed by atoms with E-state index in [0.29, 0.717) is 19.2 Å². The fraction of sp³-hybridized carbons (Fsp3) is 0.500. The van der Waals surface area contributed by atoms with Crippen LogP contribution in [0.2, 0.25) is 0 Å². The van der Waals surface area contributed by atoms with E-state index in [0.717, 1.165) is 4.90 Å². The molecule has 0 spiro atoms. The quantitative estimate of drug-likeness (QED) is 0.660. The molecule has 2 rings (SSSR count). The molecule has 0 saturated carbocycles. The minimum Gasteiger partial charge on any atom is -0.314 e. The molecular weight excluding hydrogens is 322 g/mol. The van der Waals surface area contributed by atoms with Gasteiger partial charge in [-0.25, -0.2) is 13.2 Å². The zero-order valence-electron chi connectivity index (χ0n) is 10.7. The molecule has 1 aromatic rings. The van der Waals surface area contributed by atoms with E-state index < -0.39 is 35.2 Å². The standard InChI is InChI=1S/C12H12F6N2.ClH/c13-7-5-8(10(15)9(14)6-7)11(12(16,17)18)20-3-1-19-2-4-20;/h5-6,11,19H,1-4H2;1H/t11-;/m1./s1. The highest BCUT2D eigenvalue weighted by molar-refractivity contribution is 5.85. The second-order valence-electron chi connectivity index (χ2n) is 4.52. The zero-order valence-corrected chi connectivity index (χ0v) is 11.5. The Labute approximate surface area is 123 Å². The largest absolute Gasteiger partial charge is 0.408 e. The van der Waals surface area contributed by atoms with Gasteiger partial charge in [0.25, 0.3) is 0 Å². The van der Waals surface area contributed by atoms with Gasteiger partial charge >= 0.3 is 6.18 Å². The number of nitrogens with zero attached hydrogens (tertiary/aromatic N) is 1. The van der Waals surface area contributed by atoms with Crippen LogP contribution in [-0.4, -0.2) is 37.3 Å². The molecule has 1 aliphatic heterocycles. The molecule has 21 heavy (non-hydrogen) atoms. The predicted octanol–water partition coefficient (Wildman–Crippen LogP) is 3.03. The van der Waals surface area contributed by atoms with Crippen molar-refractivity contribution >= 4 is 12.4 Å². The highest BCUT2D eigenvalue weighted by Crippen LogP contribution is 2.39. The summed E-state index contributed by atoms with van der Waals surface area (Å²) in [6.07, 6.45) is -4.82. The average Bonchev–Trinajstić information content (AvgIpc) is 2.35. The molecule has 0 amide bonds. The van der Waals surface area contributed by atoms with Crippen molar-refractivity contribution in [3.8, 4) is 0 Å². The third-order valence-corrected chi connectivity index (χ3v) is 3.14. The first-order valence-corrected chi connectivity index (χ1v) is 5.96. The Morgan fingerprint density at radius 2 is 1.62 bits per heavy atom. The summed E-state index contributed by atoms with van der Waals surface area (Å²) in [4.78, 5) is 0.966. The van der Waals surface area contributed by atoms with Gasteiger partial charge in [0, 0.05) is 37.8 Å². The molecule has 0 bridgehead atoms. The first kappa shape index (κ1) is 18.1. The molecule has 1 atom stereocenters. The van der Waals surface area contributed by atoms with Crippen LogP contribution >= 0.6 is 12.4 Å². The molecule has 1 fully saturated rings. The summed E-state index contributed by atoms with van der Waals surface area (Å²) in [5.74, 6) is -4.51. The van der Waals surface area contributed by atoms with Crippen LogP contribution in [0.15, 0.2) is 12.1 Å². The van der Waals surface area contributed by atoms with Crippen molar-refractivity contribution < 1.29 is 26.3 Å². The molecule has 1 aliphatic rings. The van der Waals surface area contributed by atoms with E-state index >= 15 is 0 Å². The SMILES string of the molecule is Cl.Fc1cc(F)c(F)c([C@@H](N2CCNCC2)C(F)(F)F)c1. The van der Waals surface area contributed by atoms with Crippen molar-refractivity contribution in [1.29, 1.82) is 0 Å². The Morgan fingerprint density at radius 3 is 2.14 bits per heavy atom. The monoisotopic (exact) mass is 334 g/mol. The van der Waals surface area contributed by atoms with Crippen LogP contribution in [0.25, 0.3) is 0 Å². The highest BCUT2D eigenvalue weighted by atomic mass is 35.5. The Balaban J connectivity index is 0.00000220. The fourth-order valence-corrected chi connectivity index (χ4v) is 2.30. The summed E-state index contributed by atoms with van der Waals surface area (Å²) in [5.41, 5.74) is -1.02. The number of hydrogen-bond donors (Lipinski definition) is 1. The number of halogens is 7. The van der Waals surface area contributed by atoms with Gasteiger partial charge in [0.1, 0.15) is 11.9 Å². The van der Waals surface area contributed by atoms with Crippen molar-refractivity contribution in [2.24, 2.45) is 0 Å². The molecule has 1 N–H and O–H groups in total. The van der Waals surface area contributed by atoms with Crippen molar-refractivity contribution in [2.45, 2.75) is 12.2 Å². The van der Waals surface area contributed by atoms with Crippen molar-refractivity contribution in [3.05, 3.63) is 35.1 Å². The zero-order chi connectivity index (χ0) is 14.9. The lowest BCUT2D eigenvalue weighted by molar-refractivity contribution is -0.188. The minimum atomic E-state index is -4.82. The number of alkyl halides is 3. The van der Waals surface area contributed by atoms with Gasteiger partial charge in [0.15, 0.2) is 11.6 Å². The molecule has 0 unspecified atom stereocenters. The normalized spacial score (nSPS) is 18.2. The second-order valence-corrected chi connectivity index (χ2v) is 4.52. The molecular formula is C12H13ClF6N2. The van der Waals surface area contributed by atoms with Crippen molar-refractivity contribution in [3.63, 3.8) is 0 Å². The molecule has 120 valence electrons. The minimum absolute atomic E-state index is 0. The maximum absolute atomic E-state index is 13.6. The summed E-state index contributed by atoms with van der Waals surface area (Å²) in [6.45, 7) is 0.626. The van der Waals surface area contributed by atoms with E-state index in [2.05, 4.69) is 5.32 Å². The number of hydrogen-bond acceptors (Lipinski definition) is 2.